The second kappa shape index (κ2) is 9.14. The Morgan fingerprint density at radius 1 is 0.385 bits per heavy atom. The van der Waals surface area contributed by atoms with E-state index in [4.69, 9.17) is 15.0 Å². The average Bonchev–Trinajstić information content (AvgIpc) is 3.24. The van der Waals surface area contributed by atoms with Crippen LogP contribution in [-0.4, -0.2) is 15.0 Å². The molecule has 0 N–H and O–H groups in total. The van der Waals surface area contributed by atoms with Crippen LogP contribution in [0.25, 0.3) is 56.4 Å². The summed E-state index contributed by atoms with van der Waals surface area (Å²) in [5, 5.41) is 0. The lowest BCUT2D eigenvalue weighted by molar-refractivity contribution is 0.660. The zero-order valence-electron chi connectivity index (χ0n) is 22.0. The molecule has 0 saturated heterocycles. The molecular formula is C36H27N3. The van der Waals surface area contributed by atoms with E-state index in [2.05, 4.69) is 105 Å². The molecule has 1 aliphatic carbocycles. The van der Waals surface area contributed by atoms with Crippen LogP contribution in [0.15, 0.2) is 127 Å². The van der Waals surface area contributed by atoms with Crippen LogP contribution in [0.4, 0.5) is 0 Å². The third-order valence-corrected chi connectivity index (χ3v) is 7.74. The quantitative estimate of drug-likeness (QED) is 0.242. The zero-order chi connectivity index (χ0) is 26.4. The van der Waals surface area contributed by atoms with Gasteiger partial charge in [-0.2, -0.15) is 0 Å². The molecule has 39 heavy (non-hydrogen) atoms. The Kier molecular flexibility index (Phi) is 5.45. The summed E-state index contributed by atoms with van der Waals surface area (Å²) in [6, 6.07) is 44.3. The number of benzene rings is 5. The van der Waals surface area contributed by atoms with E-state index in [-0.39, 0.29) is 5.41 Å². The van der Waals surface area contributed by atoms with Gasteiger partial charge in [-0.3, -0.25) is 0 Å². The van der Waals surface area contributed by atoms with Crippen molar-refractivity contribution in [1.29, 1.82) is 0 Å². The minimum absolute atomic E-state index is 0.0932. The van der Waals surface area contributed by atoms with Crippen molar-refractivity contribution in [3.05, 3.63) is 139 Å². The second-order valence-electron chi connectivity index (χ2n) is 10.6. The Bertz CT molecular complexity index is 1820. The molecule has 0 amide bonds. The SMILES string of the molecule is CC1(C)c2ccccc2-c2ccc(-c3nc(-c4ccccc4)nc(-c4cccc(-c5ccccc5)c4)n3)cc21. The number of aromatic nitrogens is 3. The van der Waals surface area contributed by atoms with Crippen LogP contribution in [0.5, 0.6) is 0 Å². The van der Waals surface area contributed by atoms with Gasteiger partial charge in [-0.1, -0.05) is 129 Å². The number of fused-ring (bicyclic) bond motifs is 3. The van der Waals surface area contributed by atoms with Crippen LogP contribution in [0.3, 0.4) is 0 Å². The highest BCUT2D eigenvalue weighted by Gasteiger charge is 2.35. The van der Waals surface area contributed by atoms with Crippen molar-refractivity contribution < 1.29 is 0 Å². The first-order valence-corrected chi connectivity index (χ1v) is 13.3. The van der Waals surface area contributed by atoms with Gasteiger partial charge >= 0.3 is 0 Å². The smallest absolute Gasteiger partial charge is 0.164 e. The van der Waals surface area contributed by atoms with Crippen molar-refractivity contribution in [3.63, 3.8) is 0 Å². The molecule has 186 valence electrons. The maximum absolute atomic E-state index is 5.03. The molecule has 5 aromatic carbocycles. The molecule has 0 fully saturated rings. The Morgan fingerprint density at radius 2 is 0.897 bits per heavy atom. The predicted octanol–water partition coefficient (Wildman–Crippen LogP) is 8.85. The standard InChI is InChI=1S/C36H27N3/c1-36(2)31-19-10-9-18-29(31)30-21-20-28(23-32(30)36)35-38-33(25-14-7-4-8-15-25)37-34(39-35)27-17-11-16-26(22-27)24-12-5-3-6-13-24/h3-23H,1-2H3. The molecule has 3 heteroatoms. The Morgan fingerprint density at radius 3 is 1.62 bits per heavy atom. The Hall–Kier alpha value is -4.89. The summed E-state index contributed by atoms with van der Waals surface area (Å²) >= 11 is 0. The maximum Gasteiger partial charge on any atom is 0.164 e. The largest absolute Gasteiger partial charge is 0.208 e. The van der Waals surface area contributed by atoms with Crippen LogP contribution in [-0.2, 0) is 5.41 Å². The van der Waals surface area contributed by atoms with Gasteiger partial charge in [0.1, 0.15) is 0 Å². The minimum atomic E-state index is -0.0932. The molecule has 6 aromatic rings. The molecule has 3 nitrogen and oxygen atoms in total. The fraction of sp³-hybridized carbons (Fsp3) is 0.0833. The van der Waals surface area contributed by atoms with Gasteiger partial charge in [0.2, 0.25) is 0 Å². The summed E-state index contributed by atoms with van der Waals surface area (Å²) in [6.45, 7) is 4.59. The van der Waals surface area contributed by atoms with Gasteiger partial charge in [-0.05, 0) is 45.5 Å². The minimum Gasteiger partial charge on any atom is -0.208 e. The third-order valence-electron chi connectivity index (χ3n) is 7.74. The van der Waals surface area contributed by atoms with Crippen LogP contribution < -0.4 is 0 Å². The molecule has 0 unspecified atom stereocenters. The number of hydrogen-bond acceptors (Lipinski definition) is 3. The topological polar surface area (TPSA) is 38.7 Å². The van der Waals surface area contributed by atoms with Crippen LogP contribution in [0, 0.1) is 0 Å². The van der Waals surface area contributed by atoms with E-state index in [1.165, 1.54) is 22.3 Å². The van der Waals surface area contributed by atoms with E-state index in [9.17, 15) is 0 Å². The lowest BCUT2D eigenvalue weighted by Crippen LogP contribution is -2.15. The van der Waals surface area contributed by atoms with Crippen molar-refractivity contribution in [3.8, 4) is 56.4 Å². The molecule has 0 atom stereocenters. The highest BCUT2D eigenvalue weighted by molar-refractivity contribution is 5.83. The van der Waals surface area contributed by atoms with Gasteiger partial charge in [-0.15, -0.1) is 0 Å². The van der Waals surface area contributed by atoms with Crippen LogP contribution in [0.1, 0.15) is 25.0 Å². The van der Waals surface area contributed by atoms with Gasteiger partial charge in [0.15, 0.2) is 17.5 Å². The molecule has 1 aromatic heterocycles. The van der Waals surface area contributed by atoms with Crippen molar-refractivity contribution in [2.45, 2.75) is 19.3 Å². The Balaban J connectivity index is 1.39. The van der Waals surface area contributed by atoms with Crippen molar-refractivity contribution in [2.24, 2.45) is 0 Å². The molecular weight excluding hydrogens is 474 g/mol. The lowest BCUT2D eigenvalue weighted by atomic mass is 9.82. The summed E-state index contributed by atoms with van der Waals surface area (Å²) in [4.78, 5) is 15.0. The number of nitrogens with zero attached hydrogens (tertiary/aromatic N) is 3. The average molecular weight is 502 g/mol. The van der Waals surface area contributed by atoms with Gasteiger partial charge in [0.25, 0.3) is 0 Å². The summed E-state index contributed by atoms with van der Waals surface area (Å²) in [5.74, 6) is 2.02. The fourth-order valence-corrected chi connectivity index (χ4v) is 5.66. The molecule has 0 radical (unpaired) electrons. The summed E-state index contributed by atoms with van der Waals surface area (Å²) in [7, 11) is 0. The molecule has 0 bridgehead atoms. The highest BCUT2D eigenvalue weighted by atomic mass is 15.0. The summed E-state index contributed by atoms with van der Waals surface area (Å²) in [6.07, 6.45) is 0. The van der Waals surface area contributed by atoms with E-state index in [0.29, 0.717) is 17.5 Å². The van der Waals surface area contributed by atoms with E-state index < -0.39 is 0 Å². The monoisotopic (exact) mass is 501 g/mol. The van der Waals surface area contributed by atoms with Crippen molar-refractivity contribution in [1.82, 2.24) is 15.0 Å². The van der Waals surface area contributed by atoms with Gasteiger partial charge < -0.3 is 0 Å². The molecule has 1 heterocycles. The molecule has 0 saturated carbocycles. The third kappa shape index (κ3) is 4.04. The van der Waals surface area contributed by atoms with E-state index in [1.807, 2.05) is 36.4 Å². The zero-order valence-corrected chi connectivity index (χ0v) is 22.0. The molecule has 1 aliphatic rings. The molecule has 7 rings (SSSR count). The molecule has 0 spiro atoms. The maximum atomic E-state index is 5.03. The predicted molar refractivity (Wildman–Crippen MR) is 159 cm³/mol. The van der Waals surface area contributed by atoms with Crippen molar-refractivity contribution >= 4 is 0 Å². The Labute approximate surface area is 228 Å². The van der Waals surface area contributed by atoms with E-state index in [0.717, 1.165) is 27.8 Å². The summed E-state index contributed by atoms with van der Waals surface area (Å²) in [5.41, 5.74) is 10.4. The van der Waals surface area contributed by atoms with E-state index >= 15 is 0 Å². The van der Waals surface area contributed by atoms with Gasteiger partial charge in [0, 0.05) is 22.1 Å². The van der Waals surface area contributed by atoms with Crippen LogP contribution >= 0.6 is 0 Å². The molecule has 0 aliphatic heterocycles. The summed E-state index contributed by atoms with van der Waals surface area (Å²) < 4.78 is 0. The second-order valence-corrected chi connectivity index (χ2v) is 10.6. The van der Waals surface area contributed by atoms with Gasteiger partial charge in [0.05, 0.1) is 0 Å². The van der Waals surface area contributed by atoms with Crippen LogP contribution in [0.2, 0.25) is 0 Å². The van der Waals surface area contributed by atoms with E-state index in [1.54, 1.807) is 0 Å². The lowest BCUT2D eigenvalue weighted by Gasteiger charge is -2.21. The normalized spacial score (nSPS) is 13.1. The van der Waals surface area contributed by atoms with Crippen molar-refractivity contribution in [2.75, 3.05) is 0 Å². The van der Waals surface area contributed by atoms with Gasteiger partial charge in [-0.25, -0.2) is 15.0 Å². The highest BCUT2D eigenvalue weighted by Crippen LogP contribution is 2.49. The first kappa shape index (κ1) is 23.2. The fourth-order valence-electron chi connectivity index (χ4n) is 5.66. The first-order valence-electron chi connectivity index (χ1n) is 13.3. The first-order chi connectivity index (χ1) is 19.1. The number of rotatable bonds is 4. The number of hydrogen-bond donors (Lipinski definition) is 0.